The smallest absolute Gasteiger partial charge is 0.435 e. The summed E-state index contributed by atoms with van der Waals surface area (Å²) in [6.45, 7) is 7.35. The van der Waals surface area contributed by atoms with E-state index in [1.54, 1.807) is 44.9 Å². The summed E-state index contributed by atoms with van der Waals surface area (Å²) < 4.78 is 47.3. The normalized spacial score (nSPS) is 15.4. The largest absolute Gasteiger partial charge is 0.444 e. The number of likely N-dealkylation sites (tertiary alicyclic amines) is 1. The van der Waals surface area contributed by atoms with Crippen molar-refractivity contribution >= 4 is 17.1 Å². The molecule has 0 spiro atoms. The Morgan fingerprint density at radius 2 is 1.78 bits per heavy atom. The lowest BCUT2D eigenvalue weighted by Crippen LogP contribution is -2.42. The van der Waals surface area contributed by atoms with Crippen LogP contribution < -0.4 is 5.56 Å². The Balaban J connectivity index is 1.70. The summed E-state index contributed by atoms with van der Waals surface area (Å²) in [7, 11) is 0. The maximum absolute atomic E-state index is 13.6. The summed E-state index contributed by atoms with van der Waals surface area (Å²) in [6, 6.07) is 1.70. The van der Waals surface area contributed by atoms with Crippen molar-refractivity contribution in [2.24, 2.45) is 0 Å². The predicted molar refractivity (Wildman–Crippen MR) is 124 cm³/mol. The van der Waals surface area contributed by atoms with Gasteiger partial charge in [-0.25, -0.2) is 19.7 Å². The molecule has 4 rings (SSSR count). The maximum Gasteiger partial charge on any atom is 0.435 e. The van der Waals surface area contributed by atoms with Crippen molar-refractivity contribution in [1.29, 1.82) is 0 Å². The lowest BCUT2D eigenvalue weighted by Gasteiger charge is -2.33. The molecule has 192 valence electrons. The van der Waals surface area contributed by atoms with Gasteiger partial charge in [0.2, 0.25) is 0 Å². The predicted octanol–water partition coefficient (Wildman–Crippen LogP) is 4.07. The molecule has 0 aliphatic carbocycles. The molecule has 3 aromatic heterocycles. The Morgan fingerprint density at radius 1 is 1.11 bits per heavy atom. The Bertz CT molecular complexity index is 1340. The molecule has 0 aromatic carbocycles. The molecule has 0 atom stereocenters. The minimum absolute atomic E-state index is 0.197. The second-order valence-corrected chi connectivity index (χ2v) is 9.78. The fourth-order valence-electron chi connectivity index (χ4n) is 4.27. The molecule has 9 nitrogen and oxygen atoms in total. The Kier molecular flexibility index (Phi) is 6.72. The molecule has 0 unspecified atom stereocenters. The molecule has 36 heavy (non-hydrogen) atoms. The van der Waals surface area contributed by atoms with E-state index in [0.29, 0.717) is 42.7 Å². The number of fused-ring (bicyclic) bond motifs is 1. The van der Waals surface area contributed by atoms with Gasteiger partial charge in [-0.3, -0.25) is 14.3 Å². The maximum atomic E-state index is 13.6. The first-order chi connectivity index (χ1) is 16.8. The van der Waals surface area contributed by atoms with E-state index >= 15 is 0 Å². The summed E-state index contributed by atoms with van der Waals surface area (Å²) >= 11 is 0. The molecule has 4 heterocycles. The number of nitrogens with zero attached hydrogens (tertiary/aromatic N) is 6. The Hall–Kier alpha value is -3.57. The zero-order valence-corrected chi connectivity index (χ0v) is 20.5. The number of ether oxygens (including phenoxy) is 1. The number of pyridine rings is 1. The number of aromatic nitrogens is 5. The fraction of sp³-hybridized carbons (Fsp3) is 0.500. The molecule has 1 aliphatic rings. The van der Waals surface area contributed by atoms with Gasteiger partial charge in [0.05, 0.1) is 12.2 Å². The van der Waals surface area contributed by atoms with Crippen molar-refractivity contribution < 1.29 is 22.7 Å². The SMILES string of the molecule is Cc1ncc2cc(C3CCN(C(=O)OC(C)(C)C)CC3)c(=O)n(Cc3nccnc3C(F)(F)F)c2n1. The van der Waals surface area contributed by atoms with E-state index < -0.39 is 35.7 Å². The zero-order chi connectivity index (χ0) is 26.3. The van der Waals surface area contributed by atoms with E-state index in [4.69, 9.17) is 4.74 Å². The number of carbonyl (C=O) groups excluding carboxylic acids is 1. The molecule has 0 saturated carbocycles. The van der Waals surface area contributed by atoms with Crippen LogP contribution in [0.4, 0.5) is 18.0 Å². The average Bonchev–Trinajstić information content (AvgIpc) is 2.79. The van der Waals surface area contributed by atoms with E-state index in [1.807, 2.05) is 0 Å². The zero-order valence-electron chi connectivity index (χ0n) is 20.5. The van der Waals surface area contributed by atoms with Crippen molar-refractivity contribution in [3.63, 3.8) is 0 Å². The molecule has 0 radical (unpaired) electrons. The number of carbonyl (C=O) groups is 1. The fourth-order valence-corrected chi connectivity index (χ4v) is 4.27. The third kappa shape index (κ3) is 5.47. The lowest BCUT2D eigenvalue weighted by atomic mass is 9.90. The van der Waals surface area contributed by atoms with Crippen LogP contribution in [0.15, 0.2) is 29.5 Å². The van der Waals surface area contributed by atoms with Gasteiger partial charge in [0.25, 0.3) is 5.56 Å². The average molecular weight is 505 g/mol. The van der Waals surface area contributed by atoms with Crippen LogP contribution in [0.25, 0.3) is 11.0 Å². The van der Waals surface area contributed by atoms with Gasteiger partial charge in [-0.05, 0) is 52.5 Å². The standard InChI is InChI=1S/C24H27F3N6O3/c1-14-30-12-16-11-17(15-5-9-32(10-6-15)22(35)36-23(2,3)4)21(34)33(20(16)31-14)13-18-19(24(25,26)27)29-8-7-28-18/h7-8,11-12,15H,5-6,9-10,13H2,1-4H3. The van der Waals surface area contributed by atoms with Gasteiger partial charge < -0.3 is 9.64 Å². The van der Waals surface area contributed by atoms with E-state index in [1.165, 1.54) is 4.57 Å². The van der Waals surface area contributed by atoms with Gasteiger partial charge >= 0.3 is 12.3 Å². The summed E-state index contributed by atoms with van der Waals surface area (Å²) in [5, 5.41) is 0.530. The van der Waals surface area contributed by atoms with E-state index in [0.717, 1.165) is 12.4 Å². The molecular weight excluding hydrogens is 477 g/mol. The monoisotopic (exact) mass is 504 g/mol. The molecule has 0 N–H and O–H groups in total. The van der Waals surface area contributed by atoms with E-state index in [2.05, 4.69) is 19.9 Å². The first-order valence-corrected chi connectivity index (χ1v) is 11.6. The number of aryl methyl sites for hydroxylation is 1. The lowest BCUT2D eigenvalue weighted by molar-refractivity contribution is -0.142. The number of rotatable bonds is 3. The van der Waals surface area contributed by atoms with Crippen LogP contribution >= 0.6 is 0 Å². The summed E-state index contributed by atoms with van der Waals surface area (Å²) in [5.41, 5.74) is -1.92. The van der Waals surface area contributed by atoms with Crippen LogP contribution in [0.5, 0.6) is 0 Å². The highest BCUT2D eigenvalue weighted by Gasteiger charge is 2.36. The number of piperidine rings is 1. The van der Waals surface area contributed by atoms with Gasteiger partial charge in [-0.1, -0.05) is 0 Å². The molecule has 1 amide bonds. The molecule has 3 aromatic rings. The summed E-state index contributed by atoms with van der Waals surface area (Å²) in [4.78, 5) is 43.5. The molecule has 0 bridgehead atoms. The Morgan fingerprint density at radius 3 is 2.42 bits per heavy atom. The second-order valence-electron chi connectivity index (χ2n) is 9.78. The highest BCUT2D eigenvalue weighted by molar-refractivity contribution is 5.75. The van der Waals surface area contributed by atoms with Crippen LogP contribution in [-0.2, 0) is 17.5 Å². The molecule has 1 fully saturated rings. The quantitative estimate of drug-likeness (QED) is 0.530. The van der Waals surface area contributed by atoms with Gasteiger partial charge in [0.15, 0.2) is 5.69 Å². The number of hydrogen-bond acceptors (Lipinski definition) is 7. The number of halogens is 3. The minimum Gasteiger partial charge on any atom is -0.444 e. The van der Waals surface area contributed by atoms with Crippen molar-refractivity contribution in [2.75, 3.05) is 13.1 Å². The topological polar surface area (TPSA) is 103 Å². The van der Waals surface area contributed by atoms with Crippen molar-refractivity contribution in [3.05, 3.63) is 57.8 Å². The van der Waals surface area contributed by atoms with Crippen LogP contribution in [0.2, 0.25) is 0 Å². The second kappa shape index (κ2) is 9.47. The first kappa shape index (κ1) is 25.5. The molecular formula is C24H27F3N6O3. The molecule has 1 aliphatic heterocycles. The highest BCUT2D eigenvalue weighted by Crippen LogP contribution is 2.31. The Labute approximate surface area is 205 Å². The third-order valence-electron chi connectivity index (χ3n) is 5.91. The number of hydrogen-bond donors (Lipinski definition) is 0. The van der Waals surface area contributed by atoms with Gasteiger partial charge in [0.1, 0.15) is 17.1 Å². The first-order valence-electron chi connectivity index (χ1n) is 11.6. The van der Waals surface area contributed by atoms with Crippen LogP contribution in [-0.4, -0.2) is 54.2 Å². The van der Waals surface area contributed by atoms with Gasteiger partial charge in [-0.15, -0.1) is 0 Å². The molecule has 1 saturated heterocycles. The van der Waals surface area contributed by atoms with Crippen molar-refractivity contribution in [2.45, 2.75) is 64.8 Å². The van der Waals surface area contributed by atoms with E-state index in [9.17, 15) is 22.8 Å². The number of alkyl halides is 3. The van der Waals surface area contributed by atoms with Gasteiger partial charge in [-0.2, -0.15) is 13.2 Å². The van der Waals surface area contributed by atoms with Crippen molar-refractivity contribution in [1.82, 2.24) is 29.4 Å². The molecule has 12 heteroatoms. The number of amides is 1. The minimum atomic E-state index is -4.72. The van der Waals surface area contributed by atoms with Crippen molar-refractivity contribution in [3.8, 4) is 0 Å². The van der Waals surface area contributed by atoms with E-state index in [-0.39, 0.29) is 17.3 Å². The van der Waals surface area contributed by atoms with Gasteiger partial charge in [0, 0.05) is 42.6 Å². The third-order valence-corrected chi connectivity index (χ3v) is 5.91. The van der Waals surface area contributed by atoms with Crippen LogP contribution in [0.3, 0.4) is 0 Å². The van der Waals surface area contributed by atoms with Crippen LogP contribution in [0, 0.1) is 6.92 Å². The highest BCUT2D eigenvalue weighted by atomic mass is 19.4. The summed E-state index contributed by atoms with van der Waals surface area (Å²) in [6.07, 6.45) is -0.447. The summed E-state index contributed by atoms with van der Waals surface area (Å²) in [5.74, 6) is 0.182. The van der Waals surface area contributed by atoms with Crippen LogP contribution in [0.1, 0.15) is 62.3 Å².